The van der Waals surface area contributed by atoms with Crippen molar-refractivity contribution in [2.24, 2.45) is 0 Å². The number of hydrogen-bond donors (Lipinski definition) is 2. The summed E-state index contributed by atoms with van der Waals surface area (Å²) in [7, 11) is 0. The van der Waals surface area contributed by atoms with Gasteiger partial charge in [0.1, 0.15) is 0 Å². The Hall–Kier alpha value is -0.610. The maximum Gasteiger partial charge on any atom is 0.234 e. The highest BCUT2D eigenvalue weighted by molar-refractivity contribution is 5.78. The summed E-state index contributed by atoms with van der Waals surface area (Å²) in [5.41, 5.74) is -0.731. The first-order chi connectivity index (χ1) is 6.74. The first-order valence-electron chi connectivity index (χ1n) is 5.50. The summed E-state index contributed by atoms with van der Waals surface area (Å²) in [5.74, 6) is 0.0284. The monoisotopic (exact) mass is 214 g/mol. The van der Waals surface area contributed by atoms with Gasteiger partial charge in [-0.1, -0.05) is 6.92 Å². The summed E-state index contributed by atoms with van der Waals surface area (Å²) in [4.78, 5) is 13.5. The van der Waals surface area contributed by atoms with E-state index in [4.69, 9.17) is 0 Å². The van der Waals surface area contributed by atoms with Crippen molar-refractivity contribution >= 4 is 5.91 Å². The Morgan fingerprint density at radius 2 is 2.00 bits per heavy atom. The van der Waals surface area contributed by atoms with Crippen molar-refractivity contribution in [3.8, 4) is 0 Å². The molecule has 1 saturated heterocycles. The smallest absolute Gasteiger partial charge is 0.234 e. The summed E-state index contributed by atoms with van der Waals surface area (Å²) >= 11 is 0. The minimum Gasteiger partial charge on any atom is -0.387 e. The van der Waals surface area contributed by atoms with Crippen LogP contribution in [0, 0.1) is 0 Å². The lowest BCUT2D eigenvalue weighted by Crippen LogP contribution is -2.63. The predicted octanol–water partition coefficient (Wildman–Crippen LogP) is 0.358. The molecule has 0 saturated carbocycles. The zero-order chi connectivity index (χ0) is 11.7. The van der Waals surface area contributed by atoms with Gasteiger partial charge < -0.3 is 10.4 Å². The van der Waals surface area contributed by atoms with Crippen LogP contribution in [-0.4, -0.2) is 46.7 Å². The van der Waals surface area contributed by atoms with Gasteiger partial charge in [0.15, 0.2) is 0 Å². The lowest BCUT2D eigenvalue weighted by atomic mass is 9.91. The molecule has 1 heterocycles. The summed E-state index contributed by atoms with van der Waals surface area (Å²) < 4.78 is 0. The molecule has 2 N–H and O–H groups in total. The Bertz CT molecular complexity index is 239. The zero-order valence-electron chi connectivity index (χ0n) is 10.1. The molecule has 0 radical (unpaired) electrons. The number of β-amino-alcohol motifs (C(OH)–C–C–N with tert-alkyl or cyclic N) is 1. The van der Waals surface area contributed by atoms with Crippen LogP contribution in [-0.2, 0) is 4.79 Å². The van der Waals surface area contributed by atoms with Gasteiger partial charge in [-0.25, -0.2) is 0 Å². The van der Waals surface area contributed by atoms with E-state index in [-0.39, 0.29) is 11.4 Å². The summed E-state index contributed by atoms with van der Waals surface area (Å²) in [5, 5.41) is 12.7. The highest BCUT2D eigenvalue weighted by Crippen LogP contribution is 2.23. The molecular formula is C11H22N2O2. The second-order valence-electron chi connectivity index (χ2n) is 5.52. The molecule has 0 bridgehead atoms. The fraction of sp³-hybridized carbons (Fsp3) is 0.909. The minimum absolute atomic E-state index is 0.0284. The van der Waals surface area contributed by atoms with Gasteiger partial charge in [0, 0.05) is 18.6 Å². The second-order valence-corrected chi connectivity index (χ2v) is 5.52. The Balaban J connectivity index is 2.25. The summed E-state index contributed by atoms with van der Waals surface area (Å²) in [6.07, 6.45) is 0.754. The number of carbonyl (C=O) groups excluding carboxylic acids is 1. The third-order valence-electron chi connectivity index (χ3n) is 2.58. The third kappa shape index (κ3) is 3.80. The van der Waals surface area contributed by atoms with Gasteiger partial charge in [-0.05, 0) is 27.2 Å². The number of nitrogens with zero attached hydrogens (tertiary/aromatic N) is 1. The molecule has 1 aliphatic rings. The first kappa shape index (κ1) is 12.5. The number of rotatable bonds is 3. The van der Waals surface area contributed by atoms with Crippen molar-refractivity contribution in [3.63, 3.8) is 0 Å². The number of amides is 1. The summed E-state index contributed by atoms with van der Waals surface area (Å²) in [6, 6.07) is 0. The van der Waals surface area contributed by atoms with E-state index in [1.807, 2.05) is 32.6 Å². The zero-order valence-corrected chi connectivity index (χ0v) is 10.1. The molecule has 1 fully saturated rings. The molecule has 15 heavy (non-hydrogen) atoms. The van der Waals surface area contributed by atoms with Crippen LogP contribution < -0.4 is 5.32 Å². The van der Waals surface area contributed by atoms with E-state index in [0.29, 0.717) is 19.6 Å². The molecular weight excluding hydrogens is 192 g/mol. The van der Waals surface area contributed by atoms with Gasteiger partial charge >= 0.3 is 0 Å². The molecule has 0 aliphatic carbocycles. The number of nitrogens with one attached hydrogen (secondary N) is 1. The molecule has 0 unspecified atom stereocenters. The Morgan fingerprint density at radius 3 is 2.40 bits per heavy atom. The predicted molar refractivity (Wildman–Crippen MR) is 59.6 cm³/mol. The first-order valence-corrected chi connectivity index (χ1v) is 5.50. The van der Waals surface area contributed by atoms with Crippen molar-refractivity contribution in [3.05, 3.63) is 0 Å². The SMILES string of the molecule is CCC1(O)CN(CC(=O)NC(C)(C)C)C1. The molecule has 4 nitrogen and oxygen atoms in total. The maximum absolute atomic E-state index is 11.5. The maximum atomic E-state index is 11.5. The van der Waals surface area contributed by atoms with E-state index in [1.165, 1.54) is 0 Å². The molecule has 0 aromatic rings. The topological polar surface area (TPSA) is 52.6 Å². The number of aliphatic hydroxyl groups is 1. The van der Waals surface area contributed by atoms with Crippen LogP contribution in [0.2, 0.25) is 0 Å². The fourth-order valence-corrected chi connectivity index (χ4v) is 1.78. The second kappa shape index (κ2) is 4.10. The van der Waals surface area contributed by atoms with Gasteiger partial charge in [0.2, 0.25) is 5.91 Å². The van der Waals surface area contributed by atoms with Crippen molar-refractivity contribution < 1.29 is 9.90 Å². The number of hydrogen-bond acceptors (Lipinski definition) is 3. The number of likely N-dealkylation sites (tertiary alicyclic amines) is 1. The third-order valence-corrected chi connectivity index (χ3v) is 2.58. The molecule has 0 aromatic heterocycles. The van der Waals surface area contributed by atoms with Gasteiger partial charge in [-0.15, -0.1) is 0 Å². The Kier molecular flexibility index (Phi) is 3.41. The highest BCUT2D eigenvalue weighted by atomic mass is 16.3. The van der Waals surface area contributed by atoms with Gasteiger partial charge in [-0.2, -0.15) is 0 Å². The van der Waals surface area contributed by atoms with E-state index in [0.717, 1.165) is 6.42 Å². The van der Waals surface area contributed by atoms with Crippen molar-refractivity contribution in [2.75, 3.05) is 19.6 Å². The minimum atomic E-state index is -0.554. The molecule has 1 amide bonds. The van der Waals surface area contributed by atoms with Crippen LogP contribution in [0.3, 0.4) is 0 Å². The lowest BCUT2D eigenvalue weighted by molar-refractivity contribution is -0.134. The largest absolute Gasteiger partial charge is 0.387 e. The van der Waals surface area contributed by atoms with E-state index < -0.39 is 5.60 Å². The molecule has 88 valence electrons. The quantitative estimate of drug-likeness (QED) is 0.713. The van der Waals surface area contributed by atoms with Crippen LogP contribution >= 0.6 is 0 Å². The number of carbonyl (C=O) groups is 1. The van der Waals surface area contributed by atoms with Gasteiger partial charge in [-0.3, -0.25) is 9.69 Å². The fourth-order valence-electron chi connectivity index (χ4n) is 1.78. The Morgan fingerprint density at radius 1 is 1.47 bits per heavy atom. The molecule has 1 rings (SSSR count). The van der Waals surface area contributed by atoms with E-state index in [2.05, 4.69) is 5.32 Å². The molecule has 1 aliphatic heterocycles. The van der Waals surface area contributed by atoms with E-state index in [9.17, 15) is 9.90 Å². The van der Waals surface area contributed by atoms with Crippen molar-refractivity contribution in [1.82, 2.24) is 10.2 Å². The van der Waals surface area contributed by atoms with Crippen molar-refractivity contribution in [1.29, 1.82) is 0 Å². The Labute approximate surface area is 91.6 Å². The van der Waals surface area contributed by atoms with Gasteiger partial charge in [0.25, 0.3) is 0 Å². The molecule has 0 spiro atoms. The average Bonchev–Trinajstić information content (AvgIpc) is 1.97. The van der Waals surface area contributed by atoms with Gasteiger partial charge in [0.05, 0.1) is 12.1 Å². The van der Waals surface area contributed by atoms with Crippen molar-refractivity contribution in [2.45, 2.75) is 45.3 Å². The molecule has 0 atom stereocenters. The normalized spacial score (nSPS) is 20.9. The van der Waals surface area contributed by atoms with Crippen LogP contribution in [0.4, 0.5) is 0 Å². The highest BCUT2D eigenvalue weighted by Gasteiger charge is 2.40. The van der Waals surface area contributed by atoms with Crippen LogP contribution in [0.15, 0.2) is 0 Å². The van der Waals surface area contributed by atoms with Crippen LogP contribution in [0.1, 0.15) is 34.1 Å². The summed E-state index contributed by atoms with van der Waals surface area (Å²) in [6.45, 7) is 9.46. The molecule has 4 heteroatoms. The van der Waals surface area contributed by atoms with E-state index in [1.54, 1.807) is 0 Å². The average molecular weight is 214 g/mol. The van der Waals surface area contributed by atoms with E-state index >= 15 is 0 Å². The molecule has 0 aromatic carbocycles. The van der Waals surface area contributed by atoms with Crippen LogP contribution in [0.25, 0.3) is 0 Å². The van der Waals surface area contributed by atoms with Crippen LogP contribution in [0.5, 0.6) is 0 Å². The lowest BCUT2D eigenvalue weighted by Gasteiger charge is -2.46. The standard InChI is InChI=1S/C11H22N2O2/c1-5-11(15)7-13(8-11)6-9(14)12-10(2,3)4/h15H,5-8H2,1-4H3,(H,12,14).